The molecule has 0 aromatic carbocycles. The molecule has 2 nitrogen and oxygen atoms in total. The summed E-state index contributed by atoms with van der Waals surface area (Å²) < 4.78 is 0. The summed E-state index contributed by atoms with van der Waals surface area (Å²) in [5.41, 5.74) is 7.20. The van der Waals surface area contributed by atoms with Crippen molar-refractivity contribution in [3.8, 4) is 0 Å². The Balaban J connectivity index is 1.81. The Labute approximate surface area is 113 Å². The Morgan fingerprint density at radius 2 is 1.83 bits per heavy atom. The van der Waals surface area contributed by atoms with Gasteiger partial charge in [0.15, 0.2) is 0 Å². The molecule has 2 heteroatoms. The SMILES string of the molecule is CC1C(N)CCC(CNCC2(C)CCC2)C1(C)C. The van der Waals surface area contributed by atoms with E-state index in [0.29, 0.717) is 22.8 Å². The van der Waals surface area contributed by atoms with Crippen LogP contribution in [0.5, 0.6) is 0 Å². The van der Waals surface area contributed by atoms with E-state index in [2.05, 4.69) is 33.0 Å². The molecule has 2 aliphatic rings. The highest BCUT2D eigenvalue weighted by molar-refractivity contribution is 4.94. The zero-order valence-electron chi connectivity index (χ0n) is 12.8. The van der Waals surface area contributed by atoms with Gasteiger partial charge >= 0.3 is 0 Å². The maximum atomic E-state index is 6.22. The number of nitrogens with two attached hydrogens (primary N) is 1. The molecule has 0 aromatic heterocycles. The van der Waals surface area contributed by atoms with Gasteiger partial charge in [-0.25, -0.2) is 0 Å². The summed E-state index contributed by atoms with van der Waals surface area (Å²) >= 11 is 0. The molecule has 0 aromatic rings. The first-order valence-electron chi connectivity index (χ1n) is 7.81. The minimum Gasteiger partial charge on any atom is -0.327 e. The van der Waals surface area contributed by atoms with E-state index in [1.807, 2.05) is 0 Å². The van der Waals surface area contributed by atoms with E-state index in [4.69, 9.17) is 5.73 Å². The fraction of sp³-hybridized carbons (Fsp3) is 1.00. The maximum Gasteiger partial charge on any atom is 0.00698 e. The molecule has 2 aliphatic carbocycles. The average Bonchev–Trinajstić information content (AvgIpc) is 2.27. The summed E-state index contributed by atoms with van der Waals surface area (Å²) in [7, 11) is 0. The standard InChI is InChI=1S/C16H32N2/c1-12-14(17)7-6-13(15(12,2)3)10-18-11-16(4)8-5-9-16/h12-14,18H,5-11,17H2,1-4H3. The van der Waals surface area contributed by atoms with Crippen LogP contribution in [-0.2, 0) is 0 Å². The van der Waals surface area contributed by atoms with E-state index in [-0.39, 0.29) is 0 Å². The minimum absolute atomic E-state index is 0.380. The second kappa shape index (κ2) is 5.13. The lowest BCUT2D eigenvalue weighted by Gasteiger charge is -2.47. The largest absolute Gasteiger partial charge is 0.327 e. The van der Waals surface area contributed by atoms with Gasteiger partial charge < -0.3 is 11.1 Å². The lowest BCUT2D eigenvalue weighted by atomic mass is 9.61. The first kappa shape index (κ1) is 14.3. The van der Waals surface area contributed by atoms with E-state index in [9.17, 15) is 0 Å². The van der Waals surface area contributed by atoms with Crippen molar-refractivity contribution in [2.24, 2.45) is 28.4 Å². The normalized spacial score (nSPS) is 38.2. The zero-order valence-corrected chi connectivity index (χ0v) is 12.8. The fourth-order valence-electron chi connectivity index (χ4n) is 3.81. The van der Waals surface area contributed by atoms with Crippen LogP contribution in [0.1, 0.15) is 59.8 Å². The van der Waals surface area contributed by atoms with Crippen LogP contribution in [0.3, 0.4) is 0 Å². The van der Waals surface area contributed by atoms with E-state index in [0.717, 1.165) is 5.92 Å². The van der Waals surface area contributed by atoms with Crippen LogP contribution in [0.15, 0.2) is 0 Å². The minimum atomic E-state index is 0.380. The molecule has 3 atom stereocenters. The van der Waals surface area contributed by atoms with Gasteiger partial charge in [0.2, 0.25) is 0 Å². The number of hydrogen-bond acceptors (Lipinski definition) is 2. The lowest BCUT2D eigenvalue weighted by Crippen LogP contribution is -2.50. The molecule has 0 radical (unpaired) electrons. The van der Waals surface area contributed by atoms with Crippen LogP contribution in [0.2, 0.25) is 0 Å². The zero-order chi connectivity index (χ0) is 13.4. The van der Waals surface area contributed by atoms with Crippen molar-refractivity contribution in [3.05, 3.63) is 0 Å². The first-order valence-corrected chi connectivity index (χ1v) is 7.81. The van der Waals surface area contributed by atoms with Crippen molar-refractivity contribution < 1.29 is 0 Å². The smallest absolute Gasteiger partial charge is 0.00698 e. The summed E-state index contributed by atoms with van der Waals surface area (Å²) in [6.45, 7) is 12.0. The van der Waals surface area contributed by atoms with Crippen molar-refractivity contribution in [1.29, 1.82) is 0 Å². The molecule has 3 N–H and O–H groups in total. The molecule has 0 spiro atoms. The third-order valence-electron chi connectivity index (χ3n) is 6.22. The Morgan fingerprint density at radius 3 is 2.39 bits per heavy atom. The van der Waals surface area contributed by atoms with Crippen molar-refractivity contribution in [1.82, 2.24) is 5.32 Å². The van der Waals surface area contributed by atoms with Crippen LogP contribution < -0.4 is 11.1 Å². The molecule has 0 amide bonds. The van der Waals surface area contributed by atoms with E-state index in [1.165, 1.54) is 45.2 Å². The van der Waals surface area contributed by atoms with Crippen LogP contribution in [0, 0.1) is 22.7 Å². The molecule has 0 heterocycles. The summed E-state index contributed by atoms with van der Waals surface area (Å²) in [6, 6.07) is 0.403. The monoisotopic (exact) mass is 252 g/mol. The van der Waals surface area contributed by atoms with Crippen LogP contribution >= 0.6 is 0 Å². The second-order valence-electron chi connectivity index (χ2n) is 7.84. The molecule has 106 valence electrons. The molecule has 0 aliphatic heterocycles. The third-order valence-corrected chi connectivity index (χ3v) is 6.22. The van der Waals surface area contributed by atoms with E-state index in [1.54, 1.807) is 0 Å². The predicted octanol–water partition coefficient (Wildman–Crippen LogP) is 3.17. The highest BCUT2D eigenvalue weighted by Gasteiger charge is 2.41. The second-order valence-corrected chi connectivity index (χ2v) is 7.84. The molecular formula is C16H32N2. The fourth-order valence-corrected chi connectivity index (χ4v) is 3.81. The molecule has 0 bridgehead atoms. The quantitative estimate of drug-likeness (QED) is 0.806. The van der Waals surface area contributed by atoms with Crippen LogP contribution in [0.4, 0.5) is 0 Å². The van der Waals surface area contributed by atoms with Gasteiger partial charge in [-0.2, -0.15) is 0 Å². The van der Waals surface area contributed by atoms with Gasteiger partial charge in [-0.05, 0) is 54.9 Å². The number of nitrogens with one attached hydrogen (secondary N) is 1. The van der Waals surface area contributed by atoms with Gasteiger partial charge in [0, 0.05) is 12.6 Å². The Hall–Kier alpha value is -0.0800. The topological polar surface area (TPSA) is 38.0 Å². The molecule has 3 unspecified atom stereocenters. The molecule has 2 fully saturated rings. The highest BCUT2D eigenvalue weighted by Crippen LogP contribution is 2.44. The van der Waals surface area contributed by atoms with Crippen LogP contribution in [0.25, 0.3) is 0 Å². The third kappa shape index (κ3) is 2.75. The van der Waals surface area contributed by atoms with Gasteiger partial charge in [-0.3, -0.25) is 0 Å². The summed E-state index contributed by atoms with van der Waals surface area (Å²) in [5, 5.41) is 3.75. The number of hydrogen-bond donors (Lipinski definition) is 2. The lowest BCUT2D eigenvalue weighted by molar-refractivity contribution is 0.0495. The highest BCUT2D eigenvalue weighted by atomic mass is 14.9. The Kier molecular flexibility index (Phi) is 4.08. The molecular weight excluding hydrogens is 220 g/mol. The van der Waals surface area contributed by atoms with Gasteiger partial charge in [0.05, 0.1) is 0 Å². The van der Waals surface area contributed by atoms with Gasteiger partial charge in [0.25, 0.3) is 0 Å². The van der Waals surface area contributed by atoms with Crippen molar-refractivity contribution >= 4 is 0 Å². The predicted molar refractivity (Wildman–Crippen MR) is 78.5 cm³/mol. The van der Waals surface area contributed by atoms with Crippen molar-refractivity contribution in [3.63, 3.8) is 0 Å². The van der Waals surface area contributed by atoms with Crippen LogP contribution in [-0.4, -0.2) is 19.1 Å². The molecule has 18 heavy (non-hydrogen) atoms. The Bertz CT molecular complexity index is 281. The van der Waals surface area contributed by atoms with E-state index >= 15 is 0 Å². The van der Waals surface area contributed by atoms with Crippen molar-refractivity contribution in [2.45, 2.75) is 65.8 Å². The molecule has 2 saturated carbocycles. The number of rotatable bonds is 4. The Morgan fingerprint density at radius 1 is 1.17 bits per heavy atom. The summed E-state index contributed by atoms with van der Waals surface area (Å²) in [4.78, 5) is 0. The first-order chi connectivity index (χ1) is 8.35. The summed E-state index contributed by atoms with van der Waals surface area (Å²) in [5.74, 6) is 1.42. The maximum absolute atomic E-state index is 6.22. The molecule has 2 rings (SSSR count). The van der Waals surface area contributed by atoms with Gasteiger partial charge in [-0.1, -0.05) is 34.1 Å². The van der Waals surface area contributed by atoms with Crippen molar-refractivity contribution in [2.75, 3.05) is 13.1 Å². The van der Waals surface area contributed by atoms with Gasteiger partial charge in [0.1, 0.15) is 0 Å². The summed E-state index contributed by atoms with van der Waals surface area (Å²) in [6.07, 6.45) is 6.75. The van der Waals surface area contributed by atoms with E-state index < -0.39 is 0 Å². The molecule has 0 saturated heterocycles. The van der Waals surface area contributed by atoms with Gasteiger partial charge in [-0.15, -0.1) is 0 Å². The average molecular weight is 252 g/mol.